The molecule has 1 heterocycles. The molecule has 1 saturated heterocycles. The zero-order valence-corrected chi connectivity index (χ0v) is 17.1. The predicted molar refractivity (Wildman–Crippen MR) is 111 cm³/mol. The number of carbonyl (C=O) groups excluding carboxylic acids is 1. The van der Waals surface area contributed by atoms with E-state index in [9.17, 15) is 4.79 Å². The molecule has 1 amide bonds. The van der Waals surface area contributed by atoms with Gasteiger partial charge in [0, 0.05) is 55.4 Å². The lowest BCUT2D eigenvalue weighted by molar-refractivity contribution is -0.123. The molecule has 1 aliphatic heterocycles. The molecule has 1 aromatic carbocycles. The fourth-order valence-corrected chi connectivity index (χ4v) is 4.86. The number of hydrogen-bond donors (Lipinski definition) is 1. The Bertz CT molecular complexity index is 651. The fourth-order valence-electron chi connectivity index (χ4n) is 4.68. The third kappa shape index (κ3) is 4.97. The van der Waals surface area contributed by atoms with Crippen molar-refractivity contribution in [1.82, 2.24) is 10.2 Å². The van der Waals surface area contributed by atoms with E-state index in [4.69, 9.17) is 11.6 Å². The van der Waals surface area contributed by atoms with Crippen molar-refractivity contribution in [3.63, 3.8) is 0 Å². The van der Waals surface area contributed by atoms with Gasteiger partial charge in [0.15, 0.2) is 0 Å². The van der Waals surface area contributed by atoms with Crippen molar-refractivity contribution in [3.8, 4) is 0 Å². The smallest absolute Gasteiger partial charge is 0.223 e. The molecule has 0 radical (unpaired) electrons. The van der Waals surface area contributed by atoms with E-state index in [0.717, 1.165) is 62.9 Å². The monoisotopic (exact) mass is 389 g/mol. The lowest BCUT2D eigenvalue weighted by Crippen LogP contribution is -2.47. The SMILES string of the molecule is C[C@H]1CC[C@H](NC(=O)[C@@H]2C[C@H]2CN2CCN(c3cccc(Cl)c3)CC2)CC1. The summed E-state index contributed by atoms with van der Waals surface area (Å²) in [5.41, 5.74) is 1.22. The van der Waals surface area contributed by atoms with Crippen molar-refractivity contribution in [3.05, 3.63) is 29.3 Å². The molecule has 1 aromatic rings. The number of benzene rings is 1. The normalized spacial score (nSPS) is 31.6. The van der Waals surface area contributed by atoms with Gasteiger partial charge in [-0.1, -0.05) is 24.6 Å². The molecular weight excluding hydrogens is 358 g/mol. The third-order valence-electron chi connectivity index (χ3n) is 6.66. The van der Waals surface area contributed by atoms with Crippen molar-refractivity contribution in [2.45, 2.75) is 45.1 Å². The van der Waals surface area contributed by atoms with Gasteiger partial charge in [-0.2, -0.15) is 0 Å². The summed E-state index contributed by atoms with van der Waals surface area (Å²) in [6, 6.07) is 8.55. The predicted octanol–water partition coefficient (Wildman–Crippen LogP) is 3.79. The van der Waals surface area contributed by atoms with Gasteiger partial charge in [0.1, 0.15) is 0 Å². The molecule has 3 fully saturated rings. The van der Waals surface area contributed by atoms with E-state index in [-0.39, 0.29) is 5.92 Å². The van der Waals surface area contributed by atoms with Crippen LogP contribution in [0.3, 0.4) is 0 Å². The van der Waals surface area contributed by atoms with Crippen LogP contribution >= 0.6 is 11.6 Å². The number of nitrogens with one attached hydrogen (secondary N) is 1. The first-order valence-electron chi connectivity index (χ1n) is 10.6. The summed E-state index contributed by atoms with van der Waals surface area (Å²) in [6.45, 7) is 7.59. The first-order valence-corrected chi connectivity index (χ1v) is 11.0. The van der Waals surface area contributed by atoms with Crippen LogP contribution in [0, 0.1) is 17.8 Å². The number of anilines is 1. The number of hydrogen-bond acceptors (Lipinski definition) is 3. The average molecular weight is 390 g/mol. The summed E-state index contributed by atoms with van der Waals surface area (Å²) >= 11 is 6.12. The van der Waals surface area contributed by atoms with Crippen molar-refractivity contribution >= 4 is 23.2 Å². The van der Waals surface area contributed by atoms with Gasteiger partial charge in [-0.25, -0.2) is 0 Å². The van der Waals surface area contributed by atoms with Gasteiger partial charge in [0.05, 0.1) is 0 Å². The van der Waals surface area contributed by atoms with Gasteiger partial charge in [0.25, 0.3) is 0 Å². The van der Waals surface area contributed by atoms with Gasteiger partial charge in [-0.05, 0) is 62.1 Å². The Morgan fingerprint density at radius 1 is 1.15 bits per heavy atom. The standard InChI is InChI=1S/C22H32ClN3O/c1-16-5-7-19(8-6-16)24-22(27)21-13-17(21)15-25-9-11-26(12-10-25)20-4-2-3-18(23)14-20/h2-4,14,16-17,19,21H,5-13,15H2,1H3,(H,24,27)/t16-,17-,19-,21+/m0/s1. The molecule has 2 atom stereocenters. The molecule has 2 saturated carbocycles. The number of piperazine rings is 1. The maximum absolute atomic E-state index is 12.5. The summed E-state index contributed by atoms with van der Waals surface area (Å²) in [7, 11) is 0. The van der Waals surface area contributed by atoms with E-state index in [1.807, 2.05) is 18.2 Å². The van der Waals surface area contributed by atoms with Crippen LogP contribution in [-0.2, 0) is 4.79 Å². The van der Waals surface area contributed by atoms with Crippen LogP contribution in [0.2, 0.25) is 5.02 Å². The quantitative estimate of drug-likeness (QED) is 0.832. The second-order valence-electron chi connectivity index (χ2n) is 8.84. The first kappa shape index (κ1) is 19.1. The van der Waals surface area contributed by atoms with Gasteiger partial charge >= 0.3 is 0 Å². The Morgan fingerprint density at radius 2 is 1.89 bits per heavy atom. The molecule has 1 N–H and O–H groups in total. The van der Waals surface area contributed by atoms with Crippen LogP contribution in [0.15, 0.2) is 24.3 Å². The highest BCUT2D eigenvalue weighted by atomic mass is 35.5. The summed E-state index contributed by atoms with van der Waals surface area (Å²) in [5.74, 6) is 1.97. The molecule has 5 heteroatoms. The maximum Gasteiger partial charge on any atom is 0.223 e. The van der Waals surface area contributed by atoms with Gasteiger partial charge < -0.3 is 10.2 Å². The third-order valence-corrected chi connectivity index (χ3v) is 6.90. The number of amides is 1. The molecular formula is C22H32ClN3O. The topological polar surface area (TPSA) is 35.6 Å². The molecule has 0 bridgehead atoms. The van der Waals surface area contributed by atoms with Gasteiger partial charge in [-0.3, -0.25) is 9.69 Å². The first-order chi connectivity index (χ1) is 13.1. The number of nitrogens with zero attached hydrogens (tertiary/aromatic N) is 2. The van der Waals surface area contributed by atoms with Gasteiger partial charge in [0.2, 0.25) is 5.91 Å². The summed E-state index contributed by atoms with van der Waals surface area (Å²) < 4.78 is 0. The van der Waals surface area contributed by atoms with Crippen molar-refractivity contribution in [2.75, 3.05) is 37.6 Å². The molecule has 148 valence electrons. The van der Waals surface area contributed by atoms with E-state index in [1.54, 1.807) is 0 Å². The Morgan fingerprint density at radius 3 is 2.59 bits per heavy atom. The maximum atomic E-state index is 12.5. The van der Waals surface area contributed by atoms with Crippen LogP contribution in [0.1, 0.15) is 39.0 Å². The minimum Gasteiger partial charge on any atom is -0.369 e. The van der Waals surface area contributed by atoms with Gasteiger partial charge in [-0.15, -0.1) is 0 Å². The number of halogens is 1. The van der Waals surface area contributed by atoms with Crippen LogP contribution in [0.4, 0.5) is 5.69 Å². The second-order valence-corrected chi connectivity index (χ2v) is 9.27. The summed E-state index contributed by atoms with van der Waals surface area (Å²) in [6.07, 6.45) is 5.92. The molecule has 4 rings (SSSR count). The van der Waals surface area contributed by atoms with Crippen molar-refractivity contribution in [1.29, 1.82) is 0 Å². The number of rotatable bonds is 5. The lowest BCUT2D eigenvalue weighted by Gasteiger charge is -2.36. The zero-order valence-electron chi connectivity index (χ0n) is 16.4. The molecule has 4 nitrogen and oxygen atoms in total. The summed E-state index contributed by atoms with van der Waals surface area (Å²) in [4.78, 5) is 17.5. The summed E-state index contributed by atoms with van der Waals surface area (Å²) in [5, 5.41) is 4.12. The molecule has 0 unspecified atom stereocenters. The highest BCUT2D eigenvalue weighted by Crippen LogP contribution is 2.40. The Hall–Kier alpha value is -1.26. The lowest BCUT2D eigenvalue weighted by atomic mass is 9.87. The van der Waals surface area contributed by atoms with Crippen LogP contribution in [0.5, 0.6) is 0 Å². The molecule has 3 aliphatic rings. The Kier molecular flexibility index (Phi) is 5.93. The minimum atomic E-state index is 0.260. The Labute approximate surface area is 168 Å². The van der Waals surface area contributed by atoms with E-state index in [1.165, 1.54) is 18.5 Å². The van der Waals surface area contributed by atoms with Crippen LogP contribution in [0.25, 0.3) is 0 Å². The van der Waals surface area contributed by atoms with Crippen LogP contribution in [-0.4, -0.2) is 49.6 Å². The number of carbonyl (C=O) groups is 1. The highest BCUT2D eigenvalue weighted by molar-refractivity contribution is 6.30. The fraction of sp³-hybridized carbons (Fsp3) is 0.682. The van der Waals surface area contributed by atoms with E-state index >= 15 is 0 Å². The zero-order chi connectivity index (χ0) is 18.8. The van der Waals surface area contributed by atoms with E-state index in [2.05, 4.69) is 28.1 Å². The molecule has 0 aromatic heterocycles. The largest absolute Gasteiger partial charge is 0.369 e. The van der Waals surface area contributed by atoms with Crippen molar-refractivity contribution in [2.24, 2.45) is 17.8 Å². The minimum absolute atomic E-state index is 0.260. The van der Waals surface area contributed by atoms with E-state index < -0.39 is 0 Å². The van der Waals surface area contributed by atoms with Crippen molar-refractivity contribution < 1.29 is 4.79 Å². The van der Waals surface area contributed by atoms with E-state index in [0.29, 0.717) is 17.9 Å². The molecule has 27 heavy (non-hydrogen) atoms. The molecule has 0 spiro atoms. The Balaban J connectivity index is 1.18. The average Bonchev–Trinajstić information content (AvgIpc) is 3.43. The second kappa shape index (κ2) is 8.40. The highest BCUT2D eigenvalue weighted by Gasteiger charge is 2.44. The van der Waals surface area contributed by atoms with Crippen LogP contribution < -0.4 is 10.2 Å². The molecule has 2 aliphatic carbocycles.